The van der Waals surface area contributed by atoms with Gasteiger partial charge in [0.15, 0.2) is 5.65 Å². The topological polar surface area (TPSA) is 78.5 Å². The number of hydrogen-bond donors (Lipinski definition) is 3. The van der Waals surface area contributed by atoms with Crippen LogP contribution >= 0.6 is 0 Å². The zero-order valence-corrected chi connectivity index (χ0v) is 12.8. The predicted octanol–water partition coefficient (Wildman–Crippen LogP) is 3.17. The molecule has 3 N–H and O–H groups in total. The van der Waals surface area contributed by atoms with Crippen LogP contribution in [-0.2, 0) is 0 Å². The molecule has 2 unspecified atom stereocenters. The van der Waals surface area contributed by atoms with E-state index in [1.54, 1.807) is 6.20 Å². The van der Waals surface area contributed by atoms with E-state index in [1.807, 2.05) is 0 Å². The van der Waals surface area contributed by atoms with Crippen LogP contribution < -0.4 is 10.6 Å². The second-order valence-electron chi connectivity index (χ2n) is 6.07. The van der Waals surface area contributed by atoms with Crippen molar-refractivity contribution < 1.29 is 0 Å². The van der Waals surface area contributed by atoms with Gasteiger partial charge in [-0.2, -0.15) is 15.1 Å². The molecule has 114 valence electrons. The number of hydrogen-bond acceptors (Lipinski definition) is 5. The summed E-state index contributed by atoms with van der Waals surface area (Å²) in [5.74, 6) is 2.35. The zero-order valence-electron chi connectivity index (χ0n) is 12.8. The van der Waals surface area contributed by atoms with Gasteiger partial charge in [-0.1, -0.05) is 26.7 Å². The molecule has 6 nitrogen and oxygen atoms in total. The Morgan fingerprint density at radius 2 is 2.24 bits per heavy atom. The summed E-state index contributed by atoms with van der Waals surface area (Å²) in [6, 6.07) is 0.501. The van der Waals surface area contributed by atoms with E-state index in [2.05, 4.69) is 44.6 Å². The molecule has 3 rings (SSSR count). The Morgan fingerprint density at radius 3 is 3.05 bits per heavy atom. The highest BCUT2D eigenvalue weighted by Crippen LogP contribution is 2.28. The van der Waals surface area contributed by atoms with Gasteiger partial charge < -0.3 is 10.6 Å². The fraction of sp³-hybridized carbons (Fsp3) is 0.667. The van der Waals surface area contributed by atoms with Crippen LogP contribution in [0.2, 0.25) is 0 Å². The molecule has 0 saturated heterocycles. The van der Waals surface area contributed by atoms with E-state index in [0.29, 0.717) is 12.0 Å². The van der Waals surface area contributed by atoms with Crippen LogP contribution in [0.3, 0.4) is 0 Å². The normalized spacial score (nSPS) is 22.4. The zero-order chi connectivity index (χ0) is 14.7. The number of H-pyrrole nitrogens is 1. The maximum atomic E-state index is 4.64. The molecule has 1 aliphatic rings. The lowest BCUT2D eigenvalue weighted by molar-refractivity contribution is 0.358. The van der Waals surface area contributed by atoms with Crippen molar-refractivity contribution in [2.24, 2.45) is 5.92 Å². The molecular weight excluding hydrogens is 264 g/mol. The van der Waals surface area contributed by atoms with Gasteiger partial charge in [0.2, 0.25) is 5.95 Å². The third-order valence-electron chi connectivity index (χ3n) is 4.12. The number of fused-ring (bicyclic) bond motifs is 1. The summed E-state index contributed by atoms with van der Waals surface area (Å²) in [4.78, 5) is 9.10. The van der Waals surface area contributed by atoms with Crippen molar-refractivity contribution in [1.82, 2.24) is 20.2 Å². The molecule has 1 fully saturated rings. The Balaban J connectivity index is 1.83. The average molecular weight is 288 g/mol. The average Bonchev–Trinajstić information content (AvgIpc) is 2.94. The number of anilines is 2. The Morgan fingerprint density at radius 1 is 1.33 bits per heavy atom. The van der Waals surface area contributed by atoms with Crippen molar-refractivity contribution in [3.8, 4) is 0 Å². The maximum absolute atomic E-state index is 4.64. The van der Waals surface area contributed by atoms with E-state index in [9.17, 15) is 0 Å². The highest BCUT2D eigenvalue weighted by molar-refractivity contribution is 5.87. The van der Waals surface area contributed by atoms with Gasteiger partial charge >= 0.3 is 0 Å². The second kappa shape index (κ2) is 6.28. The first-order chi connectivity index (χ1) is 10.3. The van der Waals surface area contributed by atoms with Crippen molar-refractivity contribution in [1.29, 1.82) is 0 Å². The third kappa shape index (κ3) is 3.25. The fourth-order valence-corrected chi connectivity index (χ4v) is 3.02. The molecule has 0 aliphatic heterocycles. The molecule has 0 bridgehead atoms. The van der Waals surface area contributed by atoms with Crippen LogP contribution in [0, 0.1) is 5.92 Å². The van der Waals surface area contributed by atoms with E-state index in [4.69, 9.17) is 0 Å². The molecule has 2 heterocycles. The lowest BCUT2D eigenvalue weighted by Crippen LogP contribution is -2.26. The lowest BCUT2D eigenvalue weighted by atomic mass is 9.87. The molecule has 0 amide bonds. The predicted molar refractivity (Wildman–Crippen MR) is 85.5 cm³/mol. The molecule has 2 aromatic heterocycles. The van der Waals surface area contributed by atoms with Crippen LogP contribution in [0.1, 0.15) is 46.0 Å². The molecule has 6 heteroatoms. The monoisotopic (exact) mass is 288 g/mol. The summed E-state index contributed by atoms with van der Waals surface area (Å²) < 4.78 is 0. The van der Waals surface area contributed by atoms with Crippen molar-refractivity contribution in [3.63, 3.8) is 0 Å². The van der Waals surface area contributed by atoms with E-state index in [1.165, 1.54) is 25.7 Å². The minimum absolute atomic E-state index is 0.501. The SMILES string of the molecule is CCCNc1nc(NC2CCCC(C)C2)c2cn[nH]c2n1. The number of aromatic nitrogens is 4. The van der Waals surface area contributed by atoms with Gasteiger partial charge in [-0.15, -0.1) is 0 Å². The summed E-state index contributed by atoms with van der Waals surface area (Å²) in [6.07, 6.45) is 7.90. The maximum Gasteiger partial charge on any atom is 0.226 e. The summed E-state index contributed by atoms with van der Waals surface area (Å²) in [5.41, 5.74) is 0.787. The molecule has 21 heavy (non-hydrogen) atoms. The van der Waals surface area contributed by atoms with E-state index in [-0.39, 0.29) is 0 Å². The molecule has 0 radical (unpaired) electrons. The second-order valence-corrected chi connectivity index (χ2v) is 6.07. The summed E-state index contributed by atoms with van der Waals surface area (Å²) >= 11 is 0. The van der Waals surface area contributed by atoms with Crippen molar-refractivity contribution in [2.45, 2.75) is 52.0 Å². The highest BCUT2D eigenvalue weighted by Gasteiger charge is 2.20. The first kappa shape index (κ1) is 14.1. The van der Waals surface area contributed by atoms with Crippen LogP contribution in [0.15, 0.2) is 6.20 Å². The highest BCUT2D eigenvalue weighted by atomic mass is 15.2. The van der Waals surface area contributed by atoms with Crippen LogP contribution in [-0.4, -0.2) is 32.8 Å². The summed E-state index contributed by atoms with van der Waals surface area (Å²) in [6.45, 7) is 5.33. The lowest BCUT2D eigenvalue weighted by Gasteiger charge is -2.28. The fourth-order valence-electron chi connectivity index (χ4n) is 3.02. The molecule has 2 atom stereocenters. The molecular formula is C15H24N6. The van der Waals surface area contributed by atoms with E-state index in [0.717, 1.165) is 35.7 Å². The Bertz CT molecular complexity index is 593. The van der Waals surface area contributed by atoms with E-state index < -0.39 is 0 Å². The van der Waals surface area contributed by atoms with Gasteiger partial charge in [0.1, 0.15) is 5.82 Å². The van der Waals surface area contributed by atoms with Crippen LogP contribution in [0.25, 0.3) is 11.0 Å². The van der Waals surface area contributed by atoms with Crippen LogP contribution in [0.4, 0.5) is 11.8 Å². The minimum Gasteiger partial charge on any atom is -0.367 e. The third-order valence-corrected chi connectivity index (χ3v) is 4.12. The summed E-state index contributed by atoms with van der Waals surface area (Å²) in [7, 11) is 0. The standard InChI is InChI=1S/C15H24N6/c1-3-7-16-15-19-13(12-9-17-21-14(12)20-15)18-11-6-4-5-10(2)8-11/h9-11H,3-8H2,1-2H3,(H3,16,17,18,19,20,21). The molecule has 1 aliphatic carbocycles. The molecule has 2 aromatic rings. The van der Waals surface area contributed by atoms with Crippen molar-refractivity contribution in [3.05, 3.63) is 6.20 Å². The Labute approximate surface area is 125 Å². The van der Waals surface area contributed by atoms with Gasteiger partial charge in [0.05, 0.1) is 11.6 Å². The smallest absolute Gasteiger partial charge is 0.226 e. The molecule has 0 spiro atoms. The Kier molecular flexibility index (Phi) is 4.22. The van der Waals surface area contributed by atoms with Crippen molar-refractivity contribution >= 4 is 22.8 Å². The van der Waals surface area contributed by atoms with Gasteiger partial charge in [-0.3, -0.25) is 5.10 Å². The quantitative estimate of drug-likeness (QED) is 0.787. The summed E-state index contributed by atoms with van der Waals surface area (Å²) in [5, 5.41) is 14.9. The number of nitrogens with one attached hydrogen (secondary N) is 3. The number of nitrogens with zero attached hydrogens (tertiary/aromatic N) is 3. The number of rotatable bonds is 5. The van der Waals surface area contributed by atoms with Crippen LogP contribution in [0.5, 0.6) is 0 Å². The van der Waals surface area contributed by atoms with Gasteiger partial charge in [0.25, 0.3) is 0 Å². The molecule has 0 aromatic carbocycles. The Hall–Kier alpha value is -1.85. The van der Waals surface area contributed by atoms with Gasteiger partial charge in [0, 0.05) is 12.6 Å². The van der Waals surface area contributed by atoms with Gasteiger partial charge in [-0.25, -0.2) is 0 Å². The van der Waals surface area contributed by atoms with E-state index >= 15 is 0 Å². The molecule has 1 saturated carbocycles. The van der Waals surface area contributed by atoms with Gasteiger partial charge in [-0.05, 0) is 25.2 Å². The first-order valence-electron chi connectivity index (χ1n) is 7.97. The van der Waals surface area contributed by atoms with Crippen molar-refractivity contribution in [2.75, 3.05) is 17.2 Å². The number of aromatic amines is 1. The largest absolute Gasteiger partial charge is 0.367 e. The minimum atomic E-state index is 0.501. The first-order valence-corrected chi connectivity index (χ1v) is 7.97.